The van der Waals surface area contributed by atoms with Crippen molar-refractivity contribution < 1.29 is 19.4 Å². The van der Waals surface area contributed by atoms with Crippen molar-refractivity contribution in [3.05, 3.63) is 11.6 Å². The number of carboxylic acids is 1. The van der Waals surface area contributed by atoms with Crippen LogP contribution in [0.4, 0.5) is 4.79 Å². The molecule has 2 unspecified atom stereocenters. The second kappa shape index (κ2) is 6.42. The predicted octanol–water partition coefficient (Wildman–Crippen LogP) is 2.41. The van der Waals surface area contributed by atoms with Crippen LogP contribution >= 0.6 is 0 Å². The van der Waals surface area contributed by atoms with E-state index in [-0.39, 0.29) is 17.3 Å². The Morgan fingerprint density at radius 1 is 1.39 bits per heavy atom. The second-order valence-electron chi connectivity index (χ2n) is 5.16. The normalized spacial score (nSPS) is 23.2. The van der Waals surface area contributed by atoms with Gasteiger partial charge in [-0.2, -0.15) is 0 Å². The number of carbonyl (C=O) groups is 2. The highest BCUT2D eigenvalue weighted by molar-refractivity contribution is 5.76. The van der Waals surface area contributed by atoms with E-state index in [1.807, 2.05) is 27.7 Å². The van der Waals surface area contributed by atoms with Crippen molar-refractivity contribution in [3.8, 4) is 0 Å². The van der Waals surface area contributed by atoms with Gasteiger partial charge in [-0.25, -0.2) is 4.79 Å². The van der Waals surface area contributed by atoms with E-state index in [1.165, 1.54) is 5.57 Å². The SMILES string of the molecule is CC(C)=CC1C(C(=O)O)C1(C)C.CCOC(N)=O. The number of ether oxygens (including phenoxy) is 1. The third-order valence-corrected chi connectivity index (χ3v) is 2.98. The second-order valence-corrected chi connectivity index (χ2v) is 5.16. The molecular weight excluding hydrogens is 234 g/mol. The third kappa shape index (κ3) is 4.77. The monoisotopic (exact) mass is 257 g/mol. The van der Waals surface area contributed by atoms with E-state index < -0.39 is 12.1 Å². The summed E-state index contributed by atoms with van der Waals surface area (Å²) in [5.74, 6) is -0.602. The minimum absolute atomic E-state index is 0.0386. The number of carboxylic acid groups (broad SMARTS) is 1. The Balaban J connectivity index is 0.000000411. The molecule has 1 fully saturated rings. The molecule has 2 atom stereocenters. The summed E-state index contributed by atoms with van der Waals surface area (Å²) < 4.78 is 4.18. The fraction of sp³-hybridized carbons (Fsp3) is 0.692. The molecule has 5 heteroatoms. The molecule has 18 heavy (non-hydrogen) atoms. The number of rotatable bonds is 3. The maximum absolute atomic E-state index is 10.7. The molecule has 0 aliphatic heterocycles. The standard InChI is InChI=1S/C10H16O2.C3H7NO2/c1-6(2)5-7-8(9(11)12)10(7,3)4;1-2-6-3(4)5/h5,7-8H,1-4H3,(H,11,12);2H2,1H3,(H2,4,5). The quantitative estimate of drug-likeness (QED) is 0.760. The summed E-state index contributed by atoms with van der Waals surface area (Å²) >= 11 is 0. The lowest BCUT2D eigenvalue weighted by Gasteiger charge is -1.96. The van der Waals surface area contributed by atoms with E-state index in [9.17, 15) is 9.59 Å². The fourth-order valence-corrected chi connectivity index (χ4v) is 1.96. The van der Waals surface area contributed by atoms with Gasteiger partial charge >= 0.3 is 12.1 Å². The predicted molar refractivity (Wildman–Crippen MR) is 69.0 cm³/mol. The Hall–Kier alpha value is -1.52. The molecule has 5 nitrogen and oxygen atoms in total. The summed E-state index contributed by atoms with van der Waals surface area (Å²) in [5.41, 5.74) is 5.71. The highest BCUT2D eigenvalue weighted by atomic mass is 16.5. The number of hydrogen-bond acceptors (Lipinski definition) is 3. The lowest BCUT2D eigenvalue weighted by atomic mass is 10.1. The van der Waals surface area contributed by atoms with Gasteiger partial charge in [0.25, 0.3) is 0 Å². The number of primary amides is 1. The molecule has 1 rings (SSSR count). The molecule has 1 aliphatic carbocycles. The first-order valence-electron chi connectivity index (χ1n) is 5.94. The molecule has 3 N–H and O–H groups in total. The van der Waals surface area contributed by atoms with Gasteiger partial charge in [-0.1, -0.05) is 25.5 Å². The molecule has 0 saturated heterocycles. The summed E-state index contributed by atoms with van der Waals surface area (Å²) in [6.07, 6.45) is 1.36. The molecule has 0 spiro atoms. The van der Waals surface area contributed by atoms with Crippen LogP contribution in [0, 0.1) is 17.3 Å². The zero-order chi connectivity index (χ0) is 14.5. The summed E-state index contributed by atoms with van der Waals surface area (Å²) in [6, 6.07) is 0. The summed E-state index contributed by atoms with van der Waals surface area (Å²) in [4.78, 5) is 20.3. The van der Waals surface area contributed by atoms with Crippen molar-refractivity contribution in [1.29, 1.82) is 0 Å². The van der Waals surface area contributed by atoms with Gasteiger partial charge in [0, 0.05) is 0 Å². The van der Waals surface area contributed by atoms with Crippen LogP contribution in [-0.4, -0.2) is 23.8 Å². The van der Waals surface area contributed by atoms with Crippen LogP contribution in [0.25, 0.3) is 0 Å². The number of aliphatic carboxylic acids is 1. The van der Waals surface area contributed by atoms with Gasteiger partial charge in [0.1, 0.15) is 0 Å². The summed E-state index contributed by atoms with van der Waals surface area (Å²) in [7, 11) is 0. The fourth-order valence-electron chi connectivity index (χ4n) is 1.96. The Labute approximate surface area is 108 Å². The van der Waals surface area contributed by atoms with Gasteiger partial charge in [0.2, 0.25) is 0 Å². The van der Waals surface area contributed by atoms with Crippen LogP contribution in [0.3, 0.4) is 0 Å². The molecule has 0 bridgehead atoms. The molecule has 1 saturated carbocycles. The van der Waals surface area contributed by atoms with Crippen LogP contribution in [0.2, 0.25) is 0 Å². The van der Waals surface area contributed by atoms with Crippen LogP contribution in [0.15, 0.2) is 11.6 Å². The summed E-state index contributed by atoms with van der Waals surface area (Å²) in [5, 5.41) is 8.84. The third-order valence-electron chi connectivity index (χ3n) is 2.98. The van der Waals surface area contributed by atoms with Crippen molar-refractivity contribution in [2.75, 3.05) is 6.61 Å². The molecule has 0 aromatic rings. The largest absolute Gasteiger partial charge is 0.481 e. The molecule has 0 heterocycles. The zero-order valence-corrected chi connectivity index (χ0v) is 11.7. The van der Waals surface area contributed by atoms with E-state index in [4.69, 9.17) is 5.11 Å². The Morgan fingerprint density at radius 3 is 2.06 bits per heavy atom. The smallest absolute Gasteiger partial charge is 0.404 e. The Bertz CT molecular complexity index is 343. The van der Waals surface area contributed by atoms with Crippen LogP contribution < -0.4 is 5.73 Å². The molecule has 104 valence electrons. The van der Waals surface area contributed by atoms with Crippen molar-refractivity contribution >= 4 is 12.1 Å². The molecule has 0 radical (unpaired) electrons. The minimum atomic E-state index is -0.711. The number of amides is 1. The highest BCUT2D eigenvalue weighted by Crippen LogP contribution is 2.59. The van der Waals surface area contributed by atoms with Crippen LogP contribution in [0.5, 0.6) is 0 Å². The number of hydrogen-bond donors (Lipinski definition) is 2. The topological polar surface area (TPSA) is 89.6 Å². The molecular formula is C13H23NO4. The van der Waals surface area contributed by atoms with Gasteiger partial charge in [-0.15, -0.1) is 0 Å². The van der Waals surface area contributed by atoms with E-state index >= 15 is 0 Å². The lowest BCUT2D eigenvalue weighted by Crippen LogP contribution is -2.11. The molecule has 0 aromatic carbocycles. The van der Waals surface area contributed by atoms with E-state index in [2.05, 4.69) is 16.5 Å². The first kappa shape index (κ1) is 16.5. The van der Waals surface area contributed by atoms with Crippen molar-refractivity contribution in [1.82, 2.24) is 0 Å². The zero-order valence-electron chi connectivity index (χ0n) is 11.7. The van der Waals surface area contributed by atoms with Crippen molar-refractivity contribution in [2.24, 2.45) is 23.0 Å². The maximum Gasteiger partial charge on any atom is 0.404 e. The van der Waals surface area contributed by atoms with Crippen molar-refractivity contribution in [3.63, 3.8) is 0 Å². The van der Waals surface area contributed by atoms with Gasteiger partial charge < -0.3 is 15.6 Å². The number of allylic oxidation sites excluding steroid dienone is 2. The molecule has 0 aromatic heterocycles. The lowest BCUT2D eigenvalue weighted by molar-refractivity contribution is -0.139. The van der Waals surface area contributed by atoms with E-state index in [0.717, 1.165) is 0 Å². The first-order valence-corrected chi connectivity index (χ1v) is 5.94. The average molecular weight is 257 g/mol. The highest BCUT2D eigenvalue weighted by Gasteiger charge is 2.60. The van der Waals surface area contributed by atoms with Gasteiger partial charge in [0.05, 0.1) is 12.5 Å². The maximum atomic E-state index is 10.7. The van der Waals surface area contributed by atoms with E-state index in [0.29, 0.717) is 6.61 Å². The van der Waals surface area contributed by atoms with Gasteiger partial charge in [0.15, 0.2) is 0 Å². The van der Waals surface area contributed by atoms with Crippen LogP contribution in [0.1, 0.15) is 34.6 Å². The van der Waals surface area contributed by atoms with Gasteiger partial charge in [-0.05, 0) is 32.1 Å². The van der Waals surface area contributed by atoms with Gasteiger partial charge in [-0.3, -0.25) is 4.79 Å². The average Bonchev–Trinajstić information content (AvgIpc) is 2.67. The van der Waals surface area contributed by atoms with E-state index in [1.54, 1.807) is 6.92 Å². The number of carbonyl (C=O) groups excluding carboxylic acids is 1. The van der Waals surface area contributed by atoms with Crippen molar-refractivity contribution in [2.45, 2.75) is 34.6 Å². The molecule has 1 aliphatic rings. The first-order chi connectivity index (χ1) is 8.14. The Morgan fingerprint density at radius 2 is 1.89 bits per heavy atom. The minimum Gasteiger partial charge on any atom is -0.481 e. The Kier molecular flexibility index (Phi) is 5.88. The number of nitrogens with two attached hydrogens (primary N) is 1. The van der Waals surface area contributed by atoms with Crippen LogP contribution in [-0.2, 0) is 9.53 Å². The summed E-state index contributed by atoms with van der Waals surface area (Å²) in [6.45, 7) is 10.1. The molecule has 1 amide bonds.